The number of nitrogens with zero attached hydrogens (tertiary/aromatic N) is 1. The van der Waals surface area contributed by atoms with E-state index in [0.29, 0.717) is 12.1 Å². The van der Waals surface area contributed by atoms with Crippen molar-refractivity contribution in [3.05, 3.63) is 51.4 Å². The van der Waals surface area contributed by atoms with Crippen molar-refractivity contribution in [1.29, 1.82) is 0 Å². The number of nitro groups is 1. The van der Waals surface area contributed by atoms with Gasteiger partial charge in [0.1, 0.15) is 0 Å². The van der Waals surface area contributed by atoms with Crippen LogP contribution in [0.25, 0.3) is 10.4 Å². The van der Waals surface area contributed by atoms with Gasteiger partial charge in [-0.3, -0.25) is 14.9 Å². The smallest absolute Gasteiger partial charge is 0.278 e. The molecule has 0 aliphatic rings. The summed E-state index contributed by atoms with van der Waals surface area (Å²) in [5.41, 5.74) is 0.719. The summed E-state index contributed by atoms with van der Waals surface area (Å²) in [6, 6.07) is 10.4. The van der Waals surface area contributed by atoms with Gasteiger partial charge in [-0.1, -0.05) is 19.1 Å². The number of amides is 1. The highest BCUT2D eigenvalue weighted by molar-refractivity contribution is 7.15. The maximum atomic E-state index is 12.0. The lowest BCUT2D eigenvalue weighted by Crippen LogP contribution is -2.44. The molecule has 6 nitrogen and oxygen atoms in total. The number of benzene rings is 1. The van der Waals surface area contributed by atoms with Crippen molar-refractivity contribution in [2.24, 2.45) is 0 Å². The first-order chi connectivity index (χ1) is 11.9. The van der Waals surface area contributed by atoms with Crippen LogP contribution in [0.2, 0.25) is 0 Å². The summed E-state index contributed by atoms with van der Waals surface area (Å²) < 4.78 is 0. The Labute approximate surface area is 151 Å². The predicted molar refractivity (Wildman–Crippen MR) is 101 cm³/mol. The molecule has 2 unspecified atom stereocenters. The molecule has 0 fully saturated rings. The highest BCUT2D eigenvalue weighted by Crippen LogP contribution is 2.34. The van der Waals surface area contributed by atoms with Gasteiger partial charge in [-0.15, -0.1) is 11.3 Å². The molecular weight excluding hydrogens is 338 g/mol. The number of carbonyl (C=O) groups is 1. The quantitative estimate of drug-likeness (QED) is 0.554. The molecule has 7 heteroatoms. The largest absolute Gasteiger partial charge is 0.352 e. The molecule has 2 N–H and O–H groups in total. The van der Waals surface area contributed by atoms with Crippen LogP contribution in [-0.4, -0.2) is 22.9 Å². The maximum Gasteiger partial charge on any atom is 0.278 e. The minimum absolute atomic E-state index is 0.0233. The number of hydrogen-bond acceptors (Lipinski definition) is 5. The average molecular weight is 361 g/mol. The number of hydrogen-bond donors (Lipinski definition) is 2. The van der Waals surface area contributed by atoms with Gasteiger partial charge < -0.3 is 10.6 Å². The summed E-state index contributed by atoms with van der Waals surface area (Å²) >= 11 is 1.49. The minimum Gasteiger partial charge on any atom is -0.352 e. The fourth-order valence-corrected chi connectivity index (χ4v) is 3.27. The van der Waals surface area contributed by atoms with Gasteiger partial charge in [0.05, 0.1) is 16.5 Å². The first-order valence-electron chi connectivity index (χ1n) is 8.28. The van der Waals surface area contributed by atoms with Crippen molar-refractivity contribution in [3.8, 4) is 10.4 Å². The lowest BCUT2D eigenvalue weighted by atomic mass is 10.1. The van der Waals surface area contributed by atoms with Crippen LogP contribution in [0.5, 0.6) is 0 Å². The number of nitro benzene ring substituents is 1. The van der Waals surface area contributed by atoms with E-state index in [-0.39, 0.29) is 28.6 Å². The second-order valence-electron chi connectivity index (χ2n) is 5.96. The van der Waals surface area contributed by atoms with E-state index in [1.807, 2.05) is 32.9 Å². The molecule has 1 heterocycles. The Morgan fingerprint density at radius 3 is 2.64 bits per heavy atom. The Hall–Kier alpha value is -2.25. The zero-order chi connectivity index (χ0) is 18.4. The van der Waals surface area contributed by atoms with Crippen LogP contribution in [0.4, 0.5) is 5.69 Å². The Bertz CT molecular complexity index is 745. The zero-order valence-corrected chi connectivity index (χ0v) is 15.4. The Morgan fingerprint density at radius 2 is 1.96 bits per heavy atom. The molecule has 0 bridgehead atoms. The van der Waals surface area contributed by atoms with E-state index in [0.717, 1.165) is 16.2 Å². The third kappa shape index (κ3) is 5.11. The molecule has 0 saturated heterocycles. The van der Waals surface area contributed by atoms with E-state index in [1.54, 1.807) is 18.2 Å². The molecular formula is C18H23N3O3S. The Kier molecular flexibility index (Phi) is 6.66. The second-order valence-corrected chi connectivity index (χ2v) is 7.13. The standard InChI is InChI=1S/C18H23N3O3S/c1-4-12(2)20-18(22)13(3)19-11-14-9-10-17(25-14)15-7-5-6-8-16(15)21(23)24/h5-10,12-13,19H,4,11H2,1-3H3,(H,20,22). The second kappa shape index (κ2) is 8.73. The van der Waals surface area contributed by atoms with Crippen molar-refractivity contribution in [3.63, 3.8) is 0 Å². The van der Waals surface area contributed by atoms with Gasteiger partial charge in [-0.25, -0.2) is 0 Å². The van der Waals surface area contributed by atoms with Gasteiger partial charge >= 0.3 is 0 Å². The number of para-hydroxylation sites is 1. The Morgan fingerprint density at radius 1 is 1.24 bits per heavy atom. The van der Waals surface area contributed by atoms with E-state index in [1.165, 1.54) is 17.4 Å². The average Bonchev–Trinajstić information content (AvgIpc) is 3.08. The van der Waals surface area contributed by atoms with Gasteiger partial charge in [0.2, 0.25) is 5.91 Å². The van der Waals surface area contributed by atoms with Crippen molar-refractivity contribution in [2.45, 2.75) is 45.8 Å². The first-order valence-corrected chi connectivity index (χ1v) is 9.10. The Balaban J connectivity index is 2.01. The summed E-state index contributed by atoms with van der Waals surface area (Å²) in [7, 11) is 0. The molecule has 0 radical (unpaired) electrons. The SMILES string of the molecule is CCC(C)NC(=O)C(C)NCc1ccc(-c2ccccc2[N+](=O)[O-])s1. The van der Waals surface area contributed by atoms with Crippen LogP contribution >= 0.6 is 11.3 Å². The highest BCUT2D eigenvalue weighted by atomic mass is 32.1. The summed E-state index contributed by atoms with van der Waals surface area (Å²) in [6.07, 6.45) is 0.891. The third-order valence-corrected chi connectivity index (χ3v) is 5.12. The van der Waals surface area contributed by atoms with Gasteiger partial charge in [-0.05, 0) is 38.5 Å². The summed E-state index contributed by atoms with van der Waals surface area (Å²) in [5.74, 6) is -0.0233. The lowest BCUT2D eigenvalue weighted by molar-refractivity contribution is -0.384. The predicted octanol–water partition coefficient (Wildman–Crippen LogP) is 3.72. The monoisotopic (exact) mass is 361 g/mol. The molecule has 0 spiro atoms. The molecule has 2 atom stereocenters. The van der Waals surface area contributed by atoms with Crippen molar-refractivity contribution in [2.75, 3.05) is 0 Å². The molecule has 1 aromatic heterocycles. The number of thiophene rings is 1. The molecule has 25 heavy (non-hydrogen) atoms. The maximum absolute atomic E-state index is 12.0. The van der Waals surface area contributed by atoms with Gasteiger partial charge in [0.15, 0.2) is 0 Å². The molecule has 1 amide bonds. The normalized spacial score (nSPS) is 13.2. The van der Waals surface area contributed by atoms with E-state index in [2.05, 4.69) is 10.6 Å². The van der Waals surface area contributed by atoms with Crippen molar-refractivity contribution in [1.82, 2.24) is 10.6 Å². The van der Waals surface area contributed by atoms with Crippen LogP contribution in [0.15, 0.2) is 36.4 Å². The lowest BCUT2D eigenvalue weighted by Gasteiger charge is -2.17. The zero-order valence-electron chi connectivity index (χ0n) is 14.6. The minimum atomic E-state index is -0.367. The van der Waals surface area contributed by atoms with E-state index < -0.39 is 0 Å². The molecule has 0 aliphatic heterocycles. The fraction of sp³-hybridized carbons (Fsp3) is 0.389. The molecule has 0 aliphatic carbocycles. The van der Waals surface area contributed by atoms with Gasteiger partial charge in [0.25, 0.3) is 5.69 Å². The van der Waals surface area contributed by atoms with E-state index >= 15 is 0 Å². The van der Waals surface area contributed by atoms with E-state index in [9.17, 15) is 14.9 Å². The van der Waals surface area contributed by atoms with Crippen LogP contribution in [0, 0.1) is 10.1 Å². The van der Waals surface area contributed by atoms with Crippen LogP contribution in [0.1, 0.15) is 32.1 Å². The number of carbonyl (C=O) groups excluding carboxylic acids is 1. The topological polar surface area (TPSA) is 84.3 Å². The van der Waals surface area contributed by atoms with Crippen LogP contribution in [0.3, 0.4) is 0 Å². The fourth-order valence-electron chi connectivity index (χ4n) is 2.28. The molecule has 0 saturated carbocycles. The summed E-state index contributed by atoms with van der Waals surface area (Å²) in [5, 5.41) is 17.3. The molecule has 134 valence electrons. The third-order valence-electron chi connectivity index (χ3n) is 4.00. The number of nitrogens with one attached hydrogen (secondary N) is 2. The first kappa shape index (κ1) is 19.1. The summed E-state index contributed by atoms with van der Waals surface area (Å²) in [4.78, 5) is 24.7. The van der Waals surface area contributed by atoms with Crippen molar-refractivity contribution < 1.29 is 9.72 Å². The van der Waals surface area contributed by atoms with Crippen LogP contribution in [-0.2, 0) is 11.3 Å². The molecule has 2 aromatic rings. The highest BCUT2D eigenvalue weighted by Gasteiger charge is 2.17. The molecule has 1 aromatic carbocycles. The number of rotatable bonds is 8. The summed E-state index contributed by atoms with van der Waals surface area (Å²) in [6.45, 7) is 6.37. The van der Waals surface area contributed by atoms with Crippen LogP contribution < -0.4 is 10.6 Å². The van der Waals surface area contributed by atoms with Crippen molar-refractivity contribution >= 4 is 22.9 Å². The van der Waals surface area contributed by atoms with Gasteiger partial charge in [-0.2, -0.15) is 0 Å². The van der Waals surface area contributed by atoms with E-state index in [4.69, 9.17) is 0 Å². The van der Waals surface area contributed by atoms with Gasteiger partial charge in [0, 0.05) is 28.4 Å². The molecule has 2 rings (SSSR count).